The summed E-state index contributed by atoms with van der Waals surface area (Å²) >= 11 is 0. The highest BCUT2D eigenvalue weighted by Gasteiger charge is 2.04. The Hall–Kier alpha value is -2.08. The van der Waals surface area contributed by atoms with Gasteiger partial charge >= 0.3 is 5.97 Å². The molecule has 0 saturated heterocycles. The van der Waals surface area contributed by atoms with E-state index in [0.29, 0.717) is 18.0 Å². The molecule has 0 aromatic heterocycles. The molecule has 0 fully saturated rings. The third-order valence-electron chi connectivity index (χ3n) is 2.01. The predicted octanol–water partition coefficient (Wildman–Crippen LogP) is 1.12. The largest absolute Gasteiger partial charge is 0.482 e. The number of amides is 1. The van der Waals surface area contributed by atoms with Crippen LogP contribution in [0.2, 0.25) is 0 Å². The summed E-state index contributed by atoms with van der Waals surface area (Å²) in [6.07, 6.45) is 0.261. The number of nitrogens with one attached hydrogen (secondary N) is 1. The van der Waals surface area contributed by atoms with Crippen LogP contribution in [-0.2, 0) is 14.3 Å². The molecule has 0 aliphatic carbocycles. The maximum atomic E-state index is 11.4. The fraction of sp³-hybridized carbons (Fsp3) is 0.333. The van der Waals surface area contributed by atoms with Crippen molar-refractivity contribution in [1.82, 2.24) is 0 Å². The van der Waals surface area contributed by atoms with Gasteiger partial charge in [0.2, 0.25) is 5.91 Å². The third kappa shape index (κ3) is 5.31. The van der Waals surface area contributed by atoms with Crippen LogP contribution < -0.4 is 10.1 Å². The van der Waals surface area contributed by atoms with E-state index in [4.69, 9.17) is 14.6 Å². The standard InChI is InChI=1S/C12H15NO5/c1-17-6-5-11(14)13-9-3-2-4-10(7-9)18-8-12(15)16/h2-4,7H,5-6,8H2,1H3,(H,13,14)(H,15,16). The van der Waals surface area contributed by atoms with Gasteiger partial charge in [0, 0.05) is 18.9 Å². The van der Waals surface area contributed by atoms with E-state index in [9.17, 15) is 9.59 Å². The van der Waals surface area contributed by atoms with Gasteiger partial charge < -0.3 is 19.9 Å². The van der Waals surface area contributed by atoms with E-state index in [-0.39, 0.29) is 12.3 Å². The zero-order chi connectivity index (χ0) is 13.4. The molecule has 0 spiro atoms. The molecule has 0 aliphatic heterocycles. The van der Waals surface area contributed by atoms with E-state index in [0.717, 1.165) is 0 Å². The van der Waals surface area contributed by atoms with Crippen LogP contribution in [0.4, 0.5) is 5.69 Å². The summed E-state index contributed by atoms with van der Waals surface area (Å²) in [5.74, 6) is -0.835. The second kappa shape index (κ2) is 7.29. The van der Waals surface area contributed by atoms with E-state index in [1.54, 1.807) is 24.3 Å². The number of rotatable bonds is 7. The summed E-state index contributed by atoms with van der Waals surface area (Å²) in [5.41, 5.74) is 0.555. The molecule has 0 aliphatic rings. The van der Waals surface area contributed by atoms with Gasteiger partial charge in [-0.15, -0.1) is 0 Å². The number of carbonyl (C=O) groups excluding carboxylic acids is 1. The molecular formula is C12H15NO5. The Morgan fingerprint density at radius 2 is 2.17 bits per heavy atom. The number of benzene rings is 1. The molecule has 18 heavy (non-hydrogen) atoms. The van der Waals surface area contributed by atoms with Gasteiger partial charge in [-0.3, -0.25) is 4.79 Å². The zero-order valence-electron chi connectivity index (χ0n) is 10.0. The van der Waals surface area contributed by atoms with Gasteiger partial charge in [0.25, 0.3) is 0 Å². The van der Waals surface area contributed by atoms with Crippen molar-refractivity contribution in [2.24, 2.45) is 0 Å². The lowest BCUT2D eigenvalue weighted by molar-refractivity contribution is -0.139. The van der Waals surface area contributed by atoms with Gasteiger partial charge in [-0.05, 0) is 12.1 Å². The van der Waals surface area contributed by atoms with Gasteiger partial charge in [-0.25, -0.2) is 4.79 Å². The molecule has 0 heterocycles. The molecule has 0 saturated carbocycles. The van der Waals surface area contributed by atoms with E-state index in [1.165, 1.54) is 7.11 Å². The molecule has 0 radical (unpaired) electrons. The minimum absolute atomic E-state index is 0.174. The SMILES string of the molecule is COCCC(=O)Nc1cccc(OCC(=O)O)c1. The highest BCUT2D eigenvalue weighted by atomic mass is 16.5. The molecule has 6 nitrogen and oxygen atoms in total. The molecule has 98 valence electrons. The summed E-state index contributed by atoms with van der Waals surface area (Å²) in [6.45, 7) is -0.0673. The van der Waals surface area contributed by atoms with Crippen LogP contribution in [0.25, 0.3) is 0 Å². The summed E-state index contributed by atoms with van der Waals surface area (Å²) in [4.78, 5) is 21.8. The fourth-order valence-corrected chi connectivity index (χ4v) is 1.23. The molecule has 1 aromatic rings. The number of aliphatic carboxylic acids is 1. The van der Waals surface area contributed by atoms with Crippen LogP contribution in [0.5, 0.6) is 5.75 Å². The summed E-state index contributed by atoms with van der Waals surface area (Å²) in [5, 5.41) is 11.1. The average molecular weight is 253 g/mol. The summed E-state index contributed by atoms with van der Waals surface area (Å²) < 4.78 is 9.78. The van der Waals surface area contributed by atoms with E-state index in [2.05, 4.69) is 5.32 Å². The second-order valence-corrected chi connectivity index (χ2v) is 3.50. The van der Waals surface area contributed by atoms with Crippen molar-refractivity contribution in [1.29, 1.82) is 0 Å². The number of methoxy groups -OCH3 is 1. The second-order valence-electron chi connectivity index (χ2n) is 3.50. The summed E-state index contributed by atoms with van der Waals surface area (Å²) in [7, 11) is 1.52. The number of hydrogen-bond acceptors (Lipinski definition) is 4. The van der Waals surface area contributed by atoms with Crippen molar-refractivity contribution in [3.63, 3.8) is 0 Å². The predicted molar refractivity (Wildman–Crippen MR) is 64.7 cm³/mol. The molecule has 0 bridgehead atoms. The van der Waals surface area contributed by atoms with Crippen molar-refractivity contribution in [2.75, 3.05) is 25.6 Å². The zero-order valence-corrected chi connectivity index (χ0v) is 10.0. The van der Waals surface area contributed by atoms with Crippen LogP contribution in [0.3, 0.4) is 0 Å². The van der Waals surface area contributed by atoms with Crippen molar-refractivity contribution in [3.05, 3.63) is 24.3 Å². The number of hydrogen-bond donors (Lipinski definition) is 2. The first-order chi connectivity index (χ1) is 8.61. The topological polar surface area (TPSA) is 84.9 Å². The van der Waals surface area contributed by atoms with E-state index >= 15 is 0 Å². The molecule has 6 heteroatoms. The molecule has 2 N–H and O–H groups in total. The van der Waals surface area contributed by atoms with Crippen LogP contribution in [0, 0.1) is 0 Å². The van der Waals surface area contributed by atoms with Crippen molar-refractivity contribution >= 4 is 17.6 Å². The lowest BCUT2D eigenvalue weighted by Crippen LogP contribution is -2.14. The Kier molecular flexibility index (Phi) is 5.66. The smallest absolute Gasteiger partial charge is 0.341 e. The van der Waals surface area contributed by atoms with Gasteiger partial charge in [-0.1, -0.05) is 6.07 Å². The number of carboxylic acids is 1. The first-order valence-electron chi connectivity index (χ1n) is 5.35. The minimum atomic E-state index is -1.05. The first-order valence-corrected chi connectivity index (χ1v) is 5.35. The number of ether oxygens (including phenoxy) is 2. The van der Waals surface area contributed by atoms with Gasteiger partial charge in [0.05, 0.1) is 13.0 Å². The van der Waals surface area contributed by atoms with Gasteiger partial charge in [-0.2, -0.15) is 0 Å². The highest BCUT2D eigenvalue weighted by molar-refractivity contribution is 5.90. The third-order valence-corrected chi connectivity index (χ3v) is 2.01. The van der Waals surface area contributed by atoms with Crippen molar-refractivity contribution in [3.8, 4) is 5.75 Å². The van der Waals surface area contributed by atoms with E-state index in [1.807, 2.05) is 0 Å². The molecular weight excluding hydrogens is 238 g/mol. The Morgan fingerprint density at radius 3 is 2.83 bits per heavy atom. The first kappa shape index (κ1) is 14.0. The maximum Gasteiger partial charge on any atom is 0.341 e. The minimum Gasteiger partial charge on any atom is -0.482 e. The lowest BCUT2D eigenvalue weighted by Gasteiger charge is -2.07. The quantitative estimate of drug-likeness (QED) is 0.760. The summed E-state index contributed by atoms with van der Waals surface area (Å²) in [6, 6.07) is 6.54. The van der Waals surface area contributed by atoms with Crippen LogP contribution >= 0.6 is 0 Å². The lowest BCUT2D eigenvalue weighted by atomic mass is 10.3. The number of anilines is 1. The Morgan fingerprint density at radius 1 is 1.39 bits per heavy atom. The van der Waals surface area contributed by atoms with Crippen LogP contribution in [0.1, 0.15) is 6.42 Å². The highest BCUT2D eigenvalue weighted by Crippen LogP contribution is 2.17. The Labute approximate surface area is 105 Å². The Bertz CT molecular complexity index is 419. The van der Waals surface area contributed by atoms with Crippen molar-refractivity contribution < 1.29 is 24.2 Å². The molecule has 1 aromatic carbocycles. The van der Waals surface area contributed by atoms with Crippen molar-refractivity contribution in [2.45, 2.75) is 6.42 Å². The molecule has 0 unspecified atom stereocenters. The molecule has 1 rings (SSSR count). The maximum absolute atomic E-state index is 11.4. The number of carboxylic acid groups (broad SMARTS) is 1. The normalized spacial score (nSPS) is 9.83. The van der Waals surface area contributed by atoms with Crippen LogP contribution in [0.15, 0.2) is 24.3 Å². The average Bonchev–Trinajstić information content (AvgIpc) is 2.34. The Balaban J connectivity index is 2.53. The van der Waals surface area contributed by atoms with Gasteiger partial charge in [0.1, 0.15) is 5.75 Å². The van der Waals surface area contributed by atoms with Gasteiger partial charge in [0.15, 0.2) is 6.61 Å². The molecule has 0 atom stereocenters. The van der Waals surface area contributed by atoms with E-state index < -0.39 is 12.6 Å². The number of carbonyl (C=O) groups is 2. The monoisotopic (exact) mass is 253 g/mol. The molecule has 1 amide bonds. The van der Waals surface area contributed by atoms with Crippen LogP contribution in [-0.4, -0.2) is 37.3 Å². The fourth-order valence-electron chi connectivity index (χ4n) is 1.23.